The van der Waals surface area contributed by atoms with E-state index < -0.39 is 10.0 Å². The molecule has 7 nitrogen and oxygen atoms in total. The van der Waals surface area contributed by atoms with E-state index in [-0.39, 0.29) is 17.0 Å². The number of hydrogen-bond acceptors (Lipinski definition) is 5. The molecule has 0 bridgehead atoms. The van der Waals surface area contributed by atoms with Gasteiger partial charge in [-0.25, -0.2) is 13.1 Å². The first-order valence-corrected chi connectivity index (χ1v) is 9.92. The summed E-state index contributed by atoms with van der Waals surface area (Å²) >= 11 is 0. The van der Waals surface area contributed by atoms with Gasteiger partial charge in [-0.1, -0.05) is 18.2 Å². The van der Waals surface area contributed by atoms with Gasteiger partial charge < -0.3 is 9.64 Å². The van der Waals surface area contributed by atoms with Crippen molar-refractivity contribution >= 4 is 10.0 Å². The van der Waals surface area contributed by atoms with Gasteiger partial charge in [0.2, 0.25) is 10.0 Å². The molecule has 0 amide bonds. The van der Waals surface area contributed by atoms with Crippen molar-refractivity contribution in [1.82, 2.24) is 19.0 Å². The number of ether oxygens (including phenoxy) is 1. The highest BCUT2D eigenvalue weighted by atomic mass is 32.2. The number of morpholine rings is 1. The summed E-state index contributed by atoms with van der Waals surface area (Å²) in [6.45, 7) is 2.45. The van der Waals surface area contributed by atoms with Crippen LogP contribution in [0.2, 0.25) is 0 Å². The summed E-state index contributed by atoms with van der Waals surface area (Å²) in [5, 5.41) is 4.24. The molecule has 2 aliphatic rings. The topological polar surface area (TPSA) is 67.7 Å². The number of likely N-dealkylation sites (tertiary alicyclic amines) is 1. The number of sulfonamides is 1. The van der Waals surface area contributed by atoms with Crippen molar-refractivity contribution in [3.05, 3.63) is 42.7 Å². The van der Waals surface area contributed by atoms with Gasteiger partial charge in [0.1, 0.15) is 4.90 Å². The number of fused-ring (bicyclic) bond motifs is 1. The summed E-state index contributed by atoms with van der Waals surface area (Å²) in [6.07, 6.45) is 3.85. The predicted molar refractivity (Wildman–Crippen MR) is 93.1 cm³/mol. The normalized spacial score (nSPS) is 25.6. The average Bonchev–Trinajstić information content (AvgIpc) is 3.13. The lowest BCUT2D eigenvalue weighted by atomic mass is 10.0. The van der Waals surface area contributed by atoms with Crippen molar-refractivity contribution in [3.63, 3.8) is 0 Å². The summed E-state index contributed by atoms with van der Waals surface area (Å²) in [6, 6.07) is 9.36. The second-order valence-corrected chi connectivity index (χ2v) is 8.49. The van der Waals surface area contributed by atoms with Crippen LogP contribution in [0.25, 0.3) is 5.69 Å². The van der Waals surface area contributed by atoms with E-state index in [1.54, 1.807) is 15.2 Å². The van der Waals surface area contributed by atoms with Crippen molar-refractivity contribution in [2.24, 2.45) is 0 Å². The van der Waals surface area contributed by atoms with E-state index in [4.69, 9.17) is 4.74 Å². The van der Waals surface area contributed by atoms with Gasteiger partial charge in [-0.3, -0.25) is 0 Å². The summed E-state index contributed by atoms with van der Waals surface area (Å²) in [7, 11) is -1.58. The first-order valence-electron chi connectivity index (χ1n) is 8.48. The fraction of sp³-hybridized carbons (Fsp3) is 0.471. The molecule has 25 heavy (non-hydrogen) atoms. The monoisotopic (exact) mass is 362 g/mol. The third kappa shape index (κ3) is 3.10. The molecule has 2 fully saturated rings. The lowest BCUT2D eigenvalue weighted by Crippen LogP contribution is -2.60. The Bertz CT molecular complexity index is 837. The average molecular weight is 362 g/mol. The second-order valence-electron chi connectivity index (χ2n) is 6.60. The van der Waals surface area contributed by atoms with Crippen LogP contribution in [0.3, 0.4) is 0 Å². The number of para-hydroxylation sites is 1. The molecule has 0 spiro atoms. The lowest BCUT2D eigenvalue weighted by molar-refractivity contribution is -0.0719. The maximum Gasteiger partial charge on any atom is 0.246 e. The minimum absolute atomic E-state index is 0.0242. The Hall–Kier alpha value is -1.74. The van der Waals surface area contributed by atoms with Gasteiger partial charge in [0, 0.05) is 19.6 Å². The van der Waals surface area contributed by atoms with Gasteiger partial charge in [0.05, 0.1) is 36.8 Å². The van der Waals surface area contributed by atoms with Crippen LogP contribution >= 0.6 is 0 Å². The third-order valence-electron chi connectivity index (χ3n) is 4.92. The Labute approximate surface area is 147 Å². The summed E-state index contributed by atoms with van der Waals surface area (Å²) in [5.74, 6) is 0. The van der Waals surface area contributed by atoms with E-state index in [2.05, 4.69) is 10.00 Å². The summed E-state index contributed by atoms with van der Waals surface area (Å²) in [5.41, 5.74) is 0.834. The molecule has 2 aromatic rings. The van der Waals surface area contributed by atoms with E-state index in [1.807, 2.05) is 37.4 Å². The zero-order valence-corrected chi connectivity index (χ0v) is 15.0. The number of hydrogen-bond donors (Lipinski definition) is 0. The number of benzene rings is 1. The quantitative estimate of drug-likeness (QED) is 0.814. The SMILES string of the molecule is CN1CCC2OCCN(S(=O)(=O)c3cnn(-c4ccccc4)c3)C2C1. The van der Waals surface area contributed by atoms with Gasteiger partial charge in [-0.05, 0) is 25.6 Å². The van der Waals surface area contributed by atoms with Gasteiger partial charge in [0.25, 0.3) is 0 Å². The Morgan fingerprint density at radius 2 is 2.00 bits per heavy atom. The molecule has 4 rings (SSSR count). The second kappa shape index (κ2) is 6.53. The third-order valence-corrected chi connectivity index (χ3v) is 6.80. The number of rotatable bonds is 3. The molecule has 3 heterocycles. The van der Waals surface area contributed by atoms with Crippen LogP contribution in [0.1, 0.15) is 6.42 Å². The lowest BCUT2D eigenvalue weighted by Gasteiger charge is -2.45. The first-order chi connectivity index (χ1) is 12.1. The predicted octanol–water partition coefficient (Wildman–Crippen LogP) is 0.966. The number of piperidine rings is 1. The van der Waals surface area contributed by atoms with Crippen LogP contribution < -0.4 is 0 Å². The Kier molecular flexibility index (Phi) is 4.36. The summed E-state index contributed by atoms with van der Waals surface area (Å²) < 4.78 is 35.4. The van der Waals surface area contributed by atoms with Crippen LogP contribution in [0.5, 0.6) is 0 Å². The maximum atomic E-state index is 13.2. The van der Waals surface area contributed by atoms with E-state index in [0.717, 1.165) is 18.7 Å². The molecule has 2 saturated heterocycles. The number of nitrogens with zero attached hydrogens (tertiary/aromatic N) is 4. The van der Waals surface area contributed by atoms with Crippen LogP contribution in [0.15, 0.2) is 47.6 Å². The van der Waals surface area contributed by atoms with Crippen LogP contribution in [0, 0.1) is 0 Å². The maximum absolute atomic E-state index is 13.2. The molecule has 1 aromatic heterocycles. The number of aromatic nitrogens is 2. The van der Waals surface area contributed by atoms with Gasteiger partial charge in [0.15, 0.2) is 0 Å². The molecule has 0 radical (unpaired) electrons. The Morgan fingerprint density at radius 1 is 1.20 bits per heavy atom. The van der Waals surface area contributed by atoms with Crippen molar-refractivity contribution in [3.8, 4) is 5.69 Å². The Morgan fingerprint density at radius 3 is 2.80 bits per heavy atom. The molecule has 1 aromatic carbocycles. The zero-order valence-electron chi connectivity index (χ0n) is 14.2. The van der Waals surface area contributed by atoms with Gasteiger partial charge in [-0.15, -0.1) is 0 Å². The first kappa shape index (κ1) is 16.7. The van der Waals surface area contributed by atoms with Crippen molar-refractivity contribution < 1.29 is 13.2 Å². The van der Waals surface area contributed by atoms with Gasteiger partial charge >= 0.3 is 0 Å². The Balaban J connectivity index is 1.64. The molecule has 2 atom stereocenters. The minimum Gasteiger partial charge on any atom is -0.375 e. The molecule has 2 aliphatic heterocycles. The number of likely N-dealkylation sites (N-methyl/N-ethyl adjacent to an activating group) is 1. The van der Waals surface area contributed by atoms with Crippen LogP contribution in [-0.2, 0) is 14.8 Å². The molecule has 0 aliphatic carbocycles. The van der Waals surface area contributed by atoms with Crippen LogP contribution in [-0.4, -0.2) is 72.8 Å². The van der Waals surface area contributed by atoms with E-state index >= 15 is 0 Å². The molecular formula is C17H22N4O3S. The molecule has 0 N–H and O–H groups in total. The molecule has 0 saturated carbocycles. The van der Waals surface area contributed by atoms with Crippen molar-refractivity contribution in [2.75, 3.05) is 33.3 Å². The van der Waals surface area contributed by atoms with E-state index in [1.165, 1.54) is 6.20 Å². The van der Waals surface area contributed by atoms with Crippen molar-refractivity contribution in [2.45, 2.75) is 23.5 Å². The fourth-order valence-corrected chi connectivity index (χ4v) is 5.15. The van der Waals surface area contributed by atoms with E-state index in [9.17, 15) is 8.42 Å². The standard InChI is InChI=1S/C17H22N4O3S/c1-19-8-7-17-16(13-19)21(9-10-24-17)25(22,23)15-11-18-20(12-15)14-5-3-2-4-6-14/h2-6,11-12,16-17H,7-10,13H2,1H3. The van der Waals surface area contributed by atoms with E-state index in [0.29, 0.717) is 19.7 Å². The minimum atomic E-state index is -3.60. The molecule has 8 heteroatoms. The summed E-state index contributed by atoms with van der Waals surface area (Å²) in [4.78, 5) is 2.39. The zero-order chi connectivity index (χ0) is 17.4. The molecule has 2 unspecified atom stereocenters. The highest BCUT2D eigenvalue weighted by Gasteiger charge is 2.42. The smallest absolute Gasteiger partial charge is 0.246 e. The van der Waals surface area contributed by atoms with Gasteiger partial charge in [-0.2, -0.15) is 9.40 Å². The molecule has 134 valence electrons. The largest absolute Gasteiger partial charge is 0.375 e. The van der Waals surface area contributed by atoms with Crippen LogP contribution in [0.4, 0.5) is 0 Å². The van der Waals surface area contributed by atoms with Crippen molar-refractivity contribution in [1.29, 1.82) is 0 Å². The highest BCUT2D eigenvalue weighted by Crippen LogP contribution is 2.28. The molecular weight excluding hydrogens is 340 g/mol. The highest BCUT2D eigenvalue weighted by molar-refractivity contribution is 7.89. The fourth-order valence-electron chi connectivity index (χ4n) is 3.59.